The molecule has 3 aromatic rings. The Morgan fingerprint density at radius 2 is 1.79 bits per heavy atom. The van der Waals surface area contributed by atoms with Crippen LogP contribution in [0.15, 0.2) is 64.1 Å². The van der Waals surface area contributed by atoms with Gasteiger partial charge in [0.15, 0.2) is 0 Å². The van der Waals surface area contributed by atoms with Gasteiger partial charge >= 0.3 is 0 Å². The predicted octanol–water partition coefficient (Wildman–Crippen LogP) is 2.62. The number of carbonyl (C=O) groups is 2. The normalized spacial score (nSPS) is 11.4. The second kappa shape index (κ2) is 8.39. The van der Waals surface area contributed by atoms with Crippen molar-refractivity contribution in [2.45, 2.75) is 13.8 Å². The van der Waals surface area contributed by atoms with Gasteiger partial charge in [-0.3, -0.25) is 9.59 Å². The Hall–Kier alpha value is -3.61. The lowest BCUT2D eigenvalue weighted by atomic mass is 10.1. The van der Waals surface area contributed by atoms with Gasteiger partial charge in [-0.2, -0.15) is 0 Å². The molecule has 0 unspecified atom stereocenters. The van der Waals surface area contributed by atoms with E-state index in [0.717, 1.165) is 24.2 Å². The third-order valence-corrected chi connectivity index (χ3v) is 4.42. The summed E-state index contributed by atoms with van der Waals surface area (Å²) < 4.78 is 5.81. The van der Waals surface area contributed by atoms with Crippen LogP contribution in [0.2, 0.25) is 0 Å². The molecule has 1 heterocycles. The van der Waals surface area contributed by atoms with Gasteiger partial charge in [0.2, 0.25) is 5.55 Å². The van der Waals surface area contributed by atoms with E-state index >= 15 is 0 Å². The third kappa shape index (κ3) is 4.03. The molecule has 1 aromatic heterocycles. The number of hydrogen-bond donors (Lipinski definition) is 2. The molecule has 0 aliphatic rings. The number of nitrogens with two attached hydrogens (primary N) is 1. The molecule has 0 spiro atoms. The van der Waals surface area contributed by atoms with Crippen molar-refractivity contribution in [3.63, 3.8) is 0 Å². The van der Waals surface area contributed by atoms with Crippen molar-refractivity contribution in [3.05, 3.63) is 71.3 Å². The van der Waals surface area contributed by atoms with Crippen molar-refractivity contribution >= 4 is 28.5 Å². The van der Waals surface area contributed by atoms with E-state index in [-0.39, 0.29) is 11.1 Å². The molecule has 0 aliphatic carbocycles. The fourth-order valence-electron chi connectivity index (χ4n) is 2.91. The van der Waals surface area contributed by atoms with Gasteiger partial charge in [0.25, 0.3) is 11.8 Å². The lowest BCUT2D eigenvalue weighted by Gasteiger charge is -2.21. The molecule has 2 aromatic carbocycles. The largest absolute Gasteiger partial charge is 0.436 e. The number of primary amides is 1. The number of rotatable bonds is 6. The summed E-state index contributed by atoms with van der Waals surface area (Å²) in [6.07, 6.45) is 0. The Balaban J connectivity index is 2.04. The van der Waals surface area contributed by atoms with E-state index in [1.807, 2.05) is 24.3 Å². The van der Waals surface area contributed by atoms with E-state index in [0.29, 0.717) is 11.1 Å². The summed E-state index contributed by atoms with van der Waals surface area (Å²) in [5, 5.41) is 4.71. The van der Waals surface area contributed by atoms with Gasteiger partial charge in [0.05, 0.1) is 0 Å². The second-order valence-electron chi connectivity index (χ2n) is 6.14. The minimum atomic E-state index is -0.689. The molecule has 3 N–H and O–H groups in total. The molecule has 7 nitrogen and oxygen atoms in total. The van der Waals surface area contributed by atoms with Gasteiger partial charge in [-0.25, -0.2) is 5.43 Å². The van der Waals surface area contributed by atoms with E-state index < -0.39 is 11.8 Å². The Kier molecular flexibility index (Phi) is 5.74. The van der Waals surface area contributed by atoms with Gasteiger partial charge in [-0.15, -0.1) is 5.10 Å². The Labute approximate surface area is 162 Å². The quantitative estimate of drug-likeness (QED) is 0.644. The topological polar surface area (TPSA) is 101 Å². The molecule has 0 saturated heterocycles. The molecule has 0 aliphatic heterocycles. The van der Waals surface area contributed by atoms with Gasteiger partial charge in [0.1, 0.15) is 11.1 Å². The fourth-order valence-corrected chi connectivity index (χ4v) is 2.91. The Morgan fingerprint density at radius 1 is 1.07 bits per heavy atom. The number of carbonyl (C=O) groups excluding carboxylic acids is 2. The van der Waals surface area contributed by atoms with E-state index in [2.05, 4.69) is 29.3 Å². The van der Waals surface area contributed by atoms with Crippen molar-refractivity contribution < 1.29 is 14.0 Å². The zero-order valence-corrected chi connectivity index (χ0v) is 15.8. The summed E-state index contributed by atoms with van der Waals surface area (Å²) in [7, 11) is 0. The number of fused-ring (bicyclic) bond motifs is 1. The molecule has 0 fully saturated rings. The molecule has 28 heavy (non-hydrogen) atoms. The molecule has 0 bridgehead atoms. The number of nitrogens with one attached hydrogen (secondary N) is 1. The smallest absolute Gasteiger partial charge is 0.271 e. The first-order valence-corrected chi connectivity index (χ1v) is 9.05. The Morgan fingerprint density at radius 3 is 2.43 bits per heavy atom. The minimum absolute atomic E-state index is 0.0408. The van der Waals surface area contributed by atoms with Crippen LogP contribution in [0, 0.1) is 0 Å². The third-order valence-electron chi connectivity index (χ3n) is 4.42. The Bertz CT molecular complexity index is 1070. The standard InChI is InChI=1S/C21H22N4O3/c1-3-25(4-2)16-11-10-15-12-17(19(22)26)21(28-18(15)13-16)24-23-20(27)14-8-6-5-7-9-14/h5-13H,3-4H2,1-2H3,(H2,22,26)(H,23,27)/b24-21+. The summed E-state index contributed by atoms with van der Waals surface area (Å²) in [5.74, 6) is -1.10. The summed E-state index contributed by atoms with van der Waals surface area (Å²) in [6, 6.07) is 15.9. The van der Waals surface area contributed by atoms with Gasteiger partial charge in [-0.05, 0) is 44.2 Å². The number of amides is 2. The average molecular weight is 378 g/mol. The van der Waals surface area contributed by atoms with E-state index in [4.69, 9.17) is 10.2 Å². The molecular weight excluding hydrogens is 356 g/mol. The minimum Gasteiger partial charge on any atom is -0.436 e. The molecule has 0 radical (unpaired) electrons. The maximum Gasteiger partial charge on any atom is 0.271 e. The maximum absolute atomic E-state index is 12.2. The number of hydrogen-bond acceptors (Lipinski definition) is 5. The molecule has 3 rings (SSSR count). The molecular formula is C21H22N4O3. The van der Waals surface area contributed by atoms with E-state index in [1.54, 1.807) is 30.3 Å². The van der Waals surface area contributed by atoms with Crippen LogP contribution >= 0.6 is 0 Å². The van der Waals surface area contributed by atoms with Crippen molar-refractivity contribution in [2.24, 2.45) is 10.8 Å². The zero-order valence-electron chi connectivity index (χ0n) is 15.8. The molecule has 144 valence electrons. The van der Waals surface area contributed by atoms with Crippen LogP contribution in [-0.2, 0) is 0 Å². The highest BCUT2D eigenvalue weighted by Crippen LogP contribution is 2.21. The van der Waals surface area contributed by atoms with E-state index in [1.165, 1.54) is 0 Å². The fraction of sp³-hybridized carbons (Fsp3) is 0.190. The predicted molar refractivity (Wildman–Crippen MR) is 108 cm³/mol. The monoisotopic (exact) mass is 378 g/mol. The lowest BCUT2D eigenvalue weighted by Crippen LogP contribution is -2.27. The molecule has 2 amide bonds. The van der Waals surface area contributed by atoms with E-state index in [9.17, 15) is 9.59 Å². The zero-order chi connectivity index (χ0) is 20.1. The van der Waals surface area contributed by atoms with Crippen LogP contribution < -0.4 is 21.6 Å². The van der Waals surface area contributed by atoms with Gasteiger partial charge in [0, 0.05) is 35.8 Å². The summed E-state index contributed by atoms with van der Waals surface area (Å²) >= 11 is 0. The number of anilines is 1. The lowest BCUT2D eigenvalue weighted by molar-refractivity contribution is 0.0946. The van der Waals surface area contributed by atoms with Gasteiger partial charge in [-0.1, -0.05) is 18.2 Å². The molecule has 7 heteroatoms. The maximum atomic E-state index is 12.2. The molecule has 0 atom stereocenters. The highest BCUT2D eigenvalue weighted by molar-refractivity contribution is 5.96. The SMILES string of the molecule is CCN(CC)c1ccc2cc(C(N)=O)/c(=N\NC(=O)c3ccccc3)oc2c1. The summed E-state index contributed by atoms with van der Waals surface area (Å²) in [5.41, 5.74) is 9.90. The van der Waals surface area contributed by atoms with Crippen LogP contribution in [0.1, 0.15) is 34.6 Å². The average Bonchev–Trinajstić information content (AvgIpc) is 2.72. The first-order valence-electron chi connectivity index (χ1n) is 9.05. The highest BCUT2D eigenvalue weighted by atomic mass is 16.3. The van der Waals surface area contributed by atoms with Crippen LogP contribution in [0.4, 0.5) is 5.69 Å². The van der Waals surface area contributed by atoms with Gasteiger partial charge < -0.3 is 15.1 Å². The van der Waals surface area contributed by atoms with Crippen molar-refractivity contribution in [3.8, 4) is 0 Å². The number of nitrogens with zero attached hydrogens (tertiary/aromatic N) is 2. The summed E-state index contributed by atoms with van der Waals surface area (Å²) in [6.45, 7) is 5.85. The van der Waals surface area contributed by atoms with Crippen LogP contribution in [-0.4, -0.2) is 24.9 Å². The van der Waals surface area contributed by atoms with Crippen molar-refractivity contribution in [1.29, 1.82) is 0 Å². The number of benzene rings is 2. The van der Waals surface area contributed by atoms with Crippen LogP contribution in [0.25, 0.3) is 11.0 Å². The highest BCUT2D eigenvalue weighted by Gasteiger charge is 2.12. The van der Waals surface area contributed by atoms with Crippen LogP contribution in [0.3, 0.4) is 0 Å². The summed E-state index contributed by atoms with van der Waals surface area (Å²) in [4.78, 5) is 26.2. The van der Waals surface area contributed by atoms with Crippen LogP contribution in [0.5, 0.6) is 0 Å². The van der Waals surface area contributed by atoms with Crippen molar-refractivity contribution in [2.75, 3.05) is 18.0 Å². The first kappa shape index (κ1) is 19.2. The van der Waals surface area contributed by atoms with Crippen molar-refractivity contribution in [1.82, 2.24) is 5.43 Å². The second-order valence-corrected chi connectivity index (χ2v) is 6.14. The molecule has 0 saturated carbocycles. The first-order chi connectivity index (χ1) is 13.5.